The number of hydrogen-bond acceptors (Lipinski definition) is 4. The molecule has 2 aliphatic heterocycles. The van der Waals surface area contributed by atoms with Gasteiger partial charge in [-0.25, -0.2) is 0 Å². The van der Waals surface area contributed by atoms with Crippen LogP contribution in [0.15, 0.2) is 4.99 Å². The topological polar surface area (TPSA) is 48.1 Å². The number of nitrogens with zero attached hydrogens (tertiary/aromatic N) is 4. The quantitative estimate of drug-likeness (QED) is 0.412. The maximum absolute atomic E-state index is 6.11. The largest absolute Gasteiger partial charge is 0.370 e. The minimum absolute atomic E-state index is 0. The molecule has 2 N–H and O–H groups in total. The third-order valence-electron chi connectivity index (χ3n) is 4.33. The standard InChI is InChI=1S/C14H29N5S.HI/c1-3-17-4-6-18(7-5-17)13(2)12-16-14(15)19-8-10-20-11-9-19;/h13H,3-12H2,1-2H3,(H2,15,16);1H. The SMILES string of the molecule is CCN1CCN(C(C)CN=C(N)N2CCSCC2)CC1.I. The highest BCUT2D eigenvalue weighted by Gasteiger charge is 2.20. The van der Waals surface area contributed by atoms with E-state index in [1.54, 1.807) is 0 Å². The van der Waals surface area contributed by atoms with Crippen molar-refractivity contribution in [3.63, 3.8) is 0 Å². The van der Waals surface area contributed by atoms with Crippen molar-refractivity contribution in [3.05, 3.63) is 0 Å². The number of thioether (sulfide) groups is 1. The van der Waals surface area contributed by atoms with E-state index in [4.69, 9.17) is 5.73 Å². The lowest BCUT2D eigenvalue weighted by Gasteiger charge is -2.37. The van der Waals surface area contributed by atoms with Gasteiger partial charge in [0.05, 0.1) is 6.54 Å². The second-order valence-corrected chi connectivity index (χ2v) is 6.84. The first kappa shape index (κ1) is 19.3. The van der Waals surface area contributed by atoms with E-state index in [0.29, 0.717) is 6.04 Å². The highest BCUT2D eigenvalue weighted by Crippen LogP contribution is 2.09. The molecule has 0 aromatic heterocycles. The van der Waals surface area contributed by atoms with Gasteiger partial charge < -0.3 is 15.5 Å². The van der Waals surface area contributed by atoms with Crippen LogP contribution in [-0.2, 0) is 0 Å². The molecule has 21 heavy (non-hydrogen) atoms. The van der Waals surface area contributed by atoms with Gasteiger partial charge >= 0.3 is 0 Å². The zero-order valence-corrected chi connectivity index (χ0v) is 16.5. The Bertz CT molecular complexity index is 314. The second-order valence-electron chi connectivity index (χ2n) is 5.62. The smallest absolute Gasteiger partial charge is 0.191 e. The van der Waals surface area contributed by atoms with Crippen LogP contribution in [0.3, 0.4) is 0 Å². The molecular formula is C14H30IN5S. The Labute approximate surface area is 150 Å². The van der Waals surface area contributed by atoms with Gasteiger partial charge in [-0.2, -0.15) is 11.8 Å². The van der Waals surface area contributed by atoms with E-state index < -0.39 is 0 Å². The monoisotopic (exact) mass is 427 g/mol. The molecule has 2 saturated heterocycles. The summed E-state index contributed by atoms with van der Waals surface area (Å²) in [5.41, 5.74) is 6.11. The lowest BCUT2D eigenvalue weighted by atomic mass is 10.2. The number of aliphatic imine (C=N–C) groups is 1. The highest BCUT2D eigenvalue weighted by atomic mass is 127. The van der Waals surface area contributed by atoms with Crippen molar-refractivity contribution in [2.45, 2.75) is 19.9 Å². The number of nitrogens with two attached hydrogens (primary N) is 1. The summed E-state index contributed by atoms with van der Waals surface area (Å²) in [5, 5.41) is 0. The maximum atomic E-state index is 6.11. The molecule has 2 heterocycles. The summed E-state index contributed by atoms with van der Waals surface area (Å²) in [6.07, 6.45) is 0. The normalized spacial score (nSPS) is 23.7. The third-order valence-corrected chi connectivity index (χ3v) is 5.27. The van der Waals surface area contributed by atoms with Crippen molar-refractivity contribution in [3.8, 4) is 0 Å². The minimum atomic E-state index is 0. The van der Waals surface area contributed by atoms with Crippen LogP contribution in [0.25, 0.3) is 0 Å². The first-order valence-electron chi connectivity index (χ1n) is 7.79. The van der Waals surface area contributed by atoms with Gasteiger partial charge in [0.2, 0.25) is 0 Å². The summed E-state index contributed by atoms with van der Waals surface area (Å²) >= 11 is 2.00. The molecule has 0 bridgehead atoms. The Hall–Kier alpha value is 0.270. The van der Waals surface area contributed by atoms with E-state index in [1.165, 1.54) is 31.1 Å². The predicted molar refractivity (Wildman–Crippen MR) is 104 cm³/mol. The minimum Gasteiger partial charge on any atom is -0.370 e. The summed E-state index contributed by atoms with van der Waals surface area (Å²) < 4.78 is 0. The Morgan fingerprint density at radius 2 is 1.76 bits per heavy atom. The van der Waals surface area contributed by atoms with Crippen LogP contribution in [0.1, 0.15) is 13.8 Å². The molecule has 124 valence electrons. The highest BCUT2D eigenvalue weighted by molar-refractivity contribution is 14.0. The first-order chi connectivity index (χ1) is 9.70. The molecule has 5 nitrogen and oxygen atoms in total. The molecule has 1 atom stereocenters. The van der Waals surface area contributed by atoms with Gasteiger partial charge in [0.15, 0.2) is 5.96 Å². The van der Waals surface area contributed by atoms with Crippen LogP contribution in [0.2, 0.25) is 0 Å². The van der Waals surface area contributed by atoms with Crippen molar-refractivity contribution >= 4 is 41.7 Å². The molecule has 2 rings (SSSR count). The Balaban J connectivity index is 0.00000220. The van der Waals surface area contributed by atoms with Gasteiger partial charge in [-0.1, -0.05) is 6.92 Å². The predicted octanol–water partition coefficient (Wildman–Crippen LogP) is 0.994. The molecular weight excluding hydrogens is 397 g/mol. The first-order valence-corrected chi connectivity index (χ1v) is 8.95. The molecule has 0 amide bonds. The fourth-order valence-corrected chi connectivity index (χ4v) is 3.66. The molecule has 0 radical (unpaired) electrons. The zero-order chi connectivity index (χ0) is 14.4. The van der Waals surface area contributed by atoms with Crippen molar-refractivity contribution in [1.29, 1.82) is 0 Å². The second kappa shape index (κ2) is 10.1. The Kier molecular flexibility index (Phi) is 9.31. The van der Waals surface area contributed by atoms with Crippen LogP contribution in [-0.4, -0.2) is 90.6 Å². The summed E-state index contributed by atoms with van der Waals surface area (Å²) in [4.78, 5) is 11.9. The lowest BCUT2D eigenvalue weighted by molar-refractivity contribution is 0.109. The number of halogens is 1. The van der Waals surface area contributed by atoms with Gasteiger partial charge in [0, 0.05) is 56.8 Å². The third kappa shape index (κ3) is 6.11. The molecule has 1 unspecified atom stereocenters. The fraction of sp³-hybridized carbons (Fsp3) is 0.929. The van der Waals surface area contributed by atoms with Gasteiger partial charge in [-0.05, 0) is 13.5 Å². The van der Waals surface area contributed by atoms with E-state index in [2.05, 4.69) is 33.5 Å². The Morgan fingerprint density at radius 3 is 2.33 bits per heavy atom. The van der Waals surface area contributed by atoms with Gasteiger partial charge in [0.1, 0.15) is 0 Å². The summed E-state index contributed by atoms with van der Waals surface area (Å²) in [6.45, 7) is 13.3. The van der Waals surface area contributed by atoms with Crippen molar-refractivity contribution in [1.82, 2.24) is 14.7 Å². The van der Waals surface area contributed by atoms with Crippen molar-refractivity contribution < 1.29 is 0 Å². The molecule has 2 aliphatic rings. The number of rotatable bonds is 4. The van der Waals surface area contributed by atoms with E-state index in [9.17, 15) is 0 Å². The molecule has 0 spiro atoms. The van der Waals surface area contributed by atoms with Gasteiger partial charge in [0.25, 0.3) is 0 Å². The van der Waals surface area contributed by atoms with E-state index in [-0.39, 0.29) is 24.0 Å². The average Bonchev–Trinajstić information content (AvgIpc) is 2.53. The number of hydrogen-bond donors (Lipinski definition) is 1. The molecule has 0 aromatic rings. The summed E-state index contributed by atoms with van der Waals surface area (Å²) in [6, 6.07) is 0.492. The summed E-state index contributed by atoms with van der Waals surface area (Å²) in [5.74, 6) is 3.08. The maximum Gasteiger partial charge on any atom is 0.191 e. The number of piperazine rings is 1. The zero-order valence-electron chi connectivity index (χ0n) is 13.3. The number of likely N-dealkylation sites (N-methyl/N-ethyl adjacent to an activating group) is 1. The van der Waals surface area contributed by atoms with E-state index >= 15 is 0 Å². The molecule has 0 saturated carbocycles. The van der Waals surface area contributed by atoms with E-state index in [0.717, 1.165) is 38.7 Å². The van der Waals surface area contributed by atoms with Crippen LogP contribution >= 0.6 is 35.7 Å². The average molecular weight is 427 g/mol. The summed E-state index contributed by atoms with van der Waals surface area (Å²) in [7, 11) is 0. The van der Waals surface area contributed by atoms with Crippen LogP contribution in [0, 0.1) is 0 Å². The molecule has 0 aromatic carbocycles. The van der Waals surface area contributed by atoms with Crippen LogP contribution in [0.4, 0.5) is 0 Å². The van der Waals surface area contributed by atoms with Gasteiger partial charge in [-0.15, -0.1) is 24.0 Å². The van der Waals surface area contributed by atoms with E-state index in [1.807, 2.05) is 11.8 Å². The van der Waals surface area contributed by atoms with Crippen molar-refractivity contribution in [2.24, 2.45) is 10.7 Å². The molecule has 2 fully saturated rings. The Morgan fingerprint density at radius 1 is 1.14 bits per heavy atom. The van der Waals surface area contributed by atoms with Crippen LogP contribution < -0.4 is 5.73 Å². The van der Waals surface area contributed by atoms with Gasteiger partial charge in [-0.3, -0.25) is 9.89 Å². The molecule has 0 aliphatic carbocycles. The lowest BCUT2D eigenvalue weighted by Crippen LogP contribution is -2.50. The fourth-order valence-electron chi connectivity index (χ4n) is 2.75. The van der Waals surface area contributed by atoms with Crippen molar-refractivity contribution in [2.75, 3.05) is 63.9 Å². The molecule has 7 heteroatoms. The van der Waals surface area contributed by atoms with Crippen LogP contribution in [0.5, 0.6) is 0 Å². The number of guanidine groups is 1.